The number of ether oxygens (including phenoxy) is 1. The van der Waals surface area contributed by atoms with E-state index in [1.165, 1.54) is 26.5 Å². The summed E-state index contributed by atoms with van der Waals surface area (Å²) in [6.07, 6.45) is 4.17. The highest BCUT2D eigenvalue weighted by atomic mass is 32.2. The van der Waals surface area contributed by atoms with E-state index in [2.05, 4.69) is 11.9 Å². The Bertz CT molecular complexity index is 1280. The smallest absolute Gasteiger partial charge is 0.310 e. The van der Waals surface area contributed by atoms with Gasteiger partial charge in [0.25, 0.3) is 5.56 Å². The fraction of sp³-hybridized carbons (Fsp3) is 0.652. The predicted octanol–water partition coefficient (Wildman–Crippen LogP) is 1.99. The first-order chi connectivity index (χ1) is 16.6. The van der Waals surface area contributed by atoms with E-state index in [-0.39, 0.29) is 47.8 Å². The van der Waals surface area contributed by atoms with Gasteiger partial charge in [0.15, 0.2) is 0 Å². The monoisotopic (exact) mass is 524 g/mol. The van der Waals surface area contributed by atoms with Crippen LogP contribution in [0.1, 0.15) is 44.4 Å². The van der Waals surface area contributed by atoms with E-state index in [0.717, 1.165) is 12.8 Å². The molecular weight excluding hydrogens is 492 g/mol. The first-order valence-electron chi connectivity index (χ1n) is 12.1. The van der Waals surface area contributed by atoms with Crippen molar-refractivity contribution in [2.45, 2.75) is 57.9 Å². The van der Waals surface area contributed by atoms with E-state index >= 15 is 0 Å². The molecule has 0 N–H and O–H groups in total. The molecule has 10 nitrogen and oxygen atoms in total. The molecule has 0 radical (unpaired) electrons. The van der Waals surface area contributed by atoms with Crippen LogP contribution in [-0.2, 0) is 30.9 Å². The van der Waals surface area contributed by atoms with Gasteiger partial charge in [-0.05, 0) is 45.4 Å². The fourth-order valence-electron chi connectivity index (χ4n) is 4.79. The van der Waals surface area contributed by atoms with Gasteiger partial charge in [-0.25, -0.2) is 13.4 Å². The molecule has 2 aliphatic rings. The lowest BCUT2D eigenvalue weighted by Gasteiger charge is -2.31. The molecule has 4 heterocycles. The highest BCUT2D eigenvalue weighted by molar-refractivity contribution is 7.89. The lowest BCUT2D eigenvalue weighted by molar-refractivity contribution is -0.151. The van der Waals surface area contributed by atoms with Crippen molar-refractivity contribution in [1.82, 2.24) is 18.8 Å². The number of hydrogen-bond donors (Lipinski definition) is 0. The van der Waals surface area contributed by atoms with Crippen LogP contribution in [0.3, 0.4) is 0 Å². The second-order valence-corrected chi connectivity index (χ2v) is 12.4. The van der Waals surface area contributed by atoms with Crippen molar-refractivity contribution in [2.24, 2.45) is 11.8 Å². The Balaban J connectivity index is 1.61. The maximum atomic E-state index is 13.5. The number of thiophene rings is 1. The number of piperidine rings is 2. The van der Waals surface area contributed by atoms with Crippen molar-refractivity contribution in [3.63, 3.8) is 0 Å². The first-order valence-corrected chi connectivity index (χ1v) is 14.3. The minimum absolute atomic E-state index is 0.00620. The number of aryl methyl sites for hydroxylation is 1. The molecule has 2 aromatic rings. The average Bonchev–Trinajstić information content (AvgIpc) is 3.19. The number of carbonyl (C=O) groups excluding carboxylic acids is 2. The quantitative estimate of drug-likeness (QED) is 0.530. The molecule has 1 unspecified atom stereocenters. The Morgan fingerprint density at radius 2 is 1.91 bits per heavy atom. The Morgan fingerprint density at radius 3 is 2.60 bits per heavy atom. The van der Waals surface area contributed by atoms with Crippen LogP contribution in [0.5, 0.6) is 0 Å². The molecule has 1 amide bonds. The van der Waals surface area contributed by atoms with Gasteiger partial charge >= 0.3 is 5.97 Å². The molecule has 0 saturated carbocycles. The summed E-state index contributed by atoms with van der Waals surface area (Å²) >= 11 is 1.17. The van der Waals surface area contributed by atoms with Gasteiger partial charge in [0, 0.05) is 31.1 Å². The molecule has 2 saturated heterocycles. The third-order valence-corrected chi connectivity index (χ3v) is 10.1. The van der Waals surface area contributed by atoms with Crippen LogP contribution >= 0.6 is 11.3 Å². The minimum Gasteiger partial charge on any atom is -0.466 e. The van der Waals surface area contributed by atoms with Gasteiger partial charge in [-0.15, -0.1) is 11.3 Å². The van der Waals surface area contributed by atoms with Crippen molar-refractivity contribution < 1.29 is 22.7 Å². The molecule has 4 rings (SSSR count). The van der Waals surface area contributed by atoms with Crippen molar-refractivity contribution >= 4 is 43.5 Å². The van der Waals surface area contributed by atoms with Crippen LogP contribution in [0, 0.1) is 18.8 Å². The Morgan fingerprint density at radius 1 is 1.20 bits per heavy atom. The van der Waals surface area contributed by atoms with E-state index in [1.807, 2.05) is 0 Å². The molecule has 2 aromatic heterocycles. The van der Waals surface area contributed by atoms with Gasteiger partial charge in [-0.3, -0.25) is 19.0 Å². The summed E-state index contributed by atoms with van der Waals surface area (Å²) in [4.78, 5) is 45.3. The zero-order valence-electron chi connectivity index (χ0n) is 20.4. The Labute approximate surface area is 208 Å². The maximum absolute atomic E-state index is 13.5. The molecular formula is C23H32N4O6S2. The molecule has 2 fully saturated rings. The number of likely N-dealkylation sites (tertiary alicyclic amines) is 1. The van der Waals surface area contributed by atoms with Crippen molar-refractivity contribution in [3.05, 3.63) is 21.6 Å². The third kappa shape index (κ3) is 5.14. The van der Waals surface area contributed by atoms with Gasteiger partial charge in [0.05, 0.1) is 24.2 Å². The number of hydrogen-bond acceptors (Lipinski definition) is 8. The number of nitrogens with zero attached hydrogens (tertiary/aromatic N) is 4. The summed E-state index contributed by atoms with van der Waals surface area (Å²) in [7, 11) is -3.87. The number of esters is 1. The summed E-state index contributed by atoms with van der Waals surface area (Å²) in [6.45, 7) is 7.12. The molecule has 12 heteroatoms. The van der Waals surface area contributed by atoms with E-state index in [9.17, 15) is 22.8 Å². The summed E-state index contributed by atoms with van der Waals surface area (Å²) in [5.74, 6) is -0.553. The zero-order chi connectivity index (χ0) is 25.3. The SMILES string of the molecule is CCOC(=O)C1CCCN(C(=O)Cn2cnc3sc(C)c(S(=O)(=O)N4CCC(C)CC4)c3c2=O)C1. The topological polar surface area (TPSA) is 119 Å². The largest absolute Gasteiger partial charge is 0.466 e. The van der Waals surface area contributed by atoms with Crippen LogP contribution in [0.2, 0.25) is 0 Å². The number of sulfonamides is 1. The zero-order valence-corrected chi connectivity index (χ0v) is 22.0. The number of rotatable bonds is 6. The van der Waals surface area contributed by atoms with Gasteiger partial charge in [-0.2, -0.15) is 4.31 Å². The van der Waals surface area contributed by atoms with E-state index < -0.39 is 15.6 Å². The molecule has 1 atom stereocenters. The number of carbonyl (C=O) groups is 2. The predicted molar refractivity (Wildman–Crippen MR) is 132 cm³/mol. The maximum Gasteiger partial charge on any atom is 0.310 e. The average molecular weight is 525 g/mol. The second kappa shape index (κ2) is 10.4. The lowest BCUT2D eigenvalue weighted by atomic mass is 9.98. The highest BCUT2D eigenvalue weighted by Gasteiger charge is 2.34. The minimum atomic E-state index is -3.87. The molecule has 2 aliphatic heterocycles. The summed E-state index contributed by atoms with van der Waals surface area (Å²) < 4.78 is 34.7. The summed E-state index contributed by atoms with van der Waals surface area (Å²) in [5, 5.41) is 0.0458. The van der Waals surface area contributed by atoms with Gasteiger partial charge in [-0.1, -0.05) is 6.92 Å². The lowest BCUT2D eigenvalue weighted by Crippen LogP contribution is -2.45. The number of amides is 1. The summed E-state index contributed by atoms with van der Waals surface area (Å²) in [5.41, 5.74) is -0.546. The Hall–Kier alpha value is -2.31. The van der Waals surface area contributed by atoms with Crippen LogP contribution in [-0.4, -0.2) is 71.8 Å². The van der Waals surface area contributed by atoms with Crippen LogP contribution < -0.4 is 5.56 Å². The molecule has 0 aliphatic carbocycles. The van der Waals surface area contributed by atoms with Crippen molar-refractivity contribution in [1.29, 1.82) is 0 Å². The van der Waals surface area contributed by atoms with Crippen LogP contribution in [0.15, 0.2) is 16.0 Å². The van der Waals surface area contributed by atoms with E-state index in [1.54, 1.807) is 18.7 Å². The van der Waals surface area contributed by atoms with E-state index in [4.69, 9.17) is 4.74 Å². The van der Waals surface area contributed by atoms with Gasteiger partial charge < -0.3 is 9.64 Å². The molecule has 0 spiro atoms. The standard InChI is InChI=1S/C23H32N4O6S2/c1-4-33-23(30)17-6-5-9-25(12-17)18(28)13-26-14-24-21-19(22(26)29)20(16(3)34-21)35(31,32)27-10-7-15(2)8-11-27/h14-15,17H,4-13H2,1-3H3. The second-order valence-electron chi connectivity index (χ2n) is 9.36. The highest BCUT2D eigenvalue weighted by Crippen LogP contribution is 2.34. The van der Waals surface area contributed by atoms with E-state index in [0.29, 0.717) is 48.1 Å². The third-order valence-electron chi connectivity index (χ3n) is 6.84. The van der Waals surface area contributed by atoms with Crippen molar-refractivity contribution in [3.8, 4) is 0 Å². The molecule has 192 valence electrons. The number of aromatic nitrogens is 2. The first kappa shape index (κ1) is 25.8. The molecule has 35 heavy (non-hydrogen) atoms. The molecule has 0 bridgehead atoms. The van der Waals surface area contributed by atoms with Gasteiger partial charge in [0.2, 0.25) is 15.9 Å². The van der Waals surface area contributed by atoms with Gasteiger partial charge in [0.1, 0.15) is 16.3 Å². The van der Waals surface area contributed by atoms with Crippen molar-refractivity contribution in [2.75, 3.05) is 32.8 Å². The normalized spacial score (nSPS) is 20.3. The van der Waals surface area contributed by atoms with Crippen LogP contribution in [0.25, 0.3) is 10.2 Å². The molecule has 0 aromatic carbocycles. The number of fused-ring (bicyclic) bond motifs is 1. The van der Waals surface area contributed by atoms with Crippen LogP contribution in [0.4, 0.5) is 0 Å². The Kier molecular flexibility index (Phi) is 7.62. The summed E-state index contributed by atoms with van der Waals surface area (Å²) in [6, 6.07) is 0. The fourth-order valence-corrected chi connectivity index (χ4v) is 7.93.